The van der Waals surface area contributed by atoms with E-state index in [0.29, 0.717) is 25.3 Å². The highest BCUT2D eigenvalue weighted by Gasteiger charge is 2.04. The van der Waals surface area contributed by atoms with Crippen molar-refractivity contribution in [3.05, 3.63) is 77.6 Å². The highest BCUT2D eigenvalue weighted by atomic mass is 19.1. The van der Waals surface area contributed by atoms with Gasteiger partial charge in [-0.05, 0) is 23.8 Å². The number of aliphatic hydroxyl groups is 1. The topological polar surface area (TPSA) is 41.5 Å². The van der Waals surface area contributed by atoms with Gasteiger partial charge < -0.3 is 15.2 Å². The molecular weight excluding hydrogens is 281 g/mol. The van der Waals surface area contributed by atoms with Gasteiger partial charge in [0.05, 0.1) is 6.61 Å². The second-order valence-electron chi connectivity index (χ2n) is 4.89. The number of aliphatic hydroxyl groups excluding tert-OH is 1. The molecule has 0 fully saturated rings. The highest BCUT2D eigenvalue weighted by Crippen LogP contribution is 2.18. The third-order valence-electron chi connectivity index (χ3n) is 3.25. The summed E-state index contributed by atoms with van der Waals surface area (Å²) >= 11 is 0. The van der Waals surface area contributed by atoms with Gasteiger partial charge in [-0.15, -0.1) is 0 Å². The van der Waals surface area contributed by atoms with Gasteiger partial charge in [-0.3, -0.25) is 0 Å². The predicted molar refractivity (Wildman–Crippen MR) is 85.0 cm³/mol. The molecule has 0 aliphatic heterocycles. The number of nitrogens with one attached hydrogen (secondary N) is 1. The minimum absolute atomic E-state index is 0.294. The number of rotatable bonds is 8. The average molecular weight is 301 g/mol. The minimum Gasteiger partial charge on any atom is -0.489 e. The maximum absolute atomic E-state index is 13.3. The summed E-state index contributed by atoms with van der Waals surface area (Å²) in [5, 5.41) is 12.4. The van der Waals surface area contributed by atoms with Crippen LogP contribution in [0.1, 0.15) is 16.7 Å². The number of halogens is 1. The lowest BCUT2D eigenvalue weighted by molar-refractivity contribution is 0.275. The summed E-state index contributed by atoms with van der Waals surface area (Å²) in [5.41, 5.74) is 2.29. The number of para-hydroxylation sites is 1. The summed E-state index contributed by atoms with van der Waals surface area (Å²) in [6, 6.07) is 12.6. The number of ether oxygens (including phenoxy) is 1. The molecule has 4 heteroatoms. The molecule has 3 nitrogen and oxygen atoms in total. The Morgan fingerprint density at radius 1 is 1.14 bits per heavy atom. The van der Waals surface area contributed by atoms with Crippen LogP contribution in [0.5, 0.6) is 5.75 Å². The van der Waals surface area contributed by atoms with E-state index in [4.69, 9.17) is 9.84 Å². The summed E-state index contributed by atoms with van der Waals surface area (Å²) in [4.78, 5) is 0. The van der Waals surface area contributed by atoms with E-state index in [0.717, 1.165) is 16.9 Å². The standard InChI is InChI=1S/C18H20FNO2/c1-2-9-22-18-6-4-3-5-15(18)12-20-11-14-7-8-17(19)16(10-14)13-21/h2-8,10,20-21H,1,9,11-13H2. The Kier molecular flexibility index (Phi) is 6.13. The van der Waals surface area contributed by atoms with Gasteiger partial charge in [-0.1, -0.05) is 36.9 Å². The first kappa shape index (κ1) is 16.2. The van der Waals surface area contributed by atoms with E-state index in [1.807, 2.05) is 24.3 Å². The molecule has 0 radical (unpaired) electrons. The van der Waals surface area contributed by atoms with Gasteiger partial charge in [0.25, 0.3) is 0 Å². The van der Waals surface area contributed by atoms with Crippen molar-refractivity contribution < 1.29 is 14.2 Å². The van der Waals surface area contributed by atoms with Gasteiger partial charge in [-0.25, -0.2) is 4.39 Å². The van der Waals surface area contributed by atoms with Crippen LogP contribution >= 0.6 is 0 Å². The molecule has 0 bridgehead atoms. The molecule has 0 saturated heterocycles. The quantitative estimate of drug-likeness (QED) is 0.736. The first-order valence-electron chi connectivity index (χ1n) is 7.15. The molecule has 0 atom stereocenters. The predicted octanol–water partition coefficient (Wildman–Crippen LogP) is 3.17. The molecule has 2 N–H and O–H groups in total. The summed E-state index contributed by atoms with van der Waals surface area (Å²) in [7, 11) is 0. The molecule has 0 amide bonds. The Morgan fingerprint density at radius 3 is 2.73 bits per heavy atom. The van der Waals surface area contributed by atoms with Gasteiger partial charge in [-0.2, -0.15) is 0 Å². The lowest BCUT2D eigenvalue weighted by Crippen LogP contribution is -2.14. The van der Waals surface area contributed by atoms with Crippen LogP contribution in [0.2, 0.25) is 0 Å². The van der Waals surface area contributed by atoms with E-state index in [9.17, 15) is 4.39 Å². The fourth-order valence-electron chi connectivity index (χ4n) is 2.14. The van der Waals surface area contributed by atoms with Crippen molar-refractivity contribution in [1.29, 1.82) is 0 Å². The van der Waals surface area contributed by atoms with E-state index >= 15 is 0 Å². The molecule has 2 aromatic rings. The first-order chi connectivity index (χ1) is 10.7. The van der Waals surface area contributed by atoms with Crippen molar-refractivity contribution in [3.63, 3.8) is 0 Å². The minimum atomic E-state index is -0.380. The van der Waals surface area contributed by atoms with Crippen LogP contribution in [0.3, 0.4) is 0 Å². The van der Waals surface area contributed by atoms with Crippen LogP contribution in [0, 0.1) is 5.82 Å². The lowest BCUT2D eigenvalue weighted by atomic mass is 10.1. The average Bonchev–Trinajstić information content (AvgIpc) is 2.55. The molecule has 0 saturated carbocycles. The molecule has 116 valence electrons. The van der Waals surface area contributed by atoms with Crippen LogP contribution in [-0.4, -0.2) is 11.7 Å². The molecule has 0 unspecified atom stereocenters. The highest BCUT2D eigenvalue weighted by molar-refractivity contribution is 5.33. The number of benzene rings is 2. The fraction of sp³-hybridized carbons (Fsp3) is 0.222. The van der Waals surface area contributed by atoms with Crippen LogP contribution in [-0.2, 0) is 19.7 Å². The van der Waals surface area contributed by atoms with Gasteiger partial charge in [0.2, 0.25) is 0 Å². The maximum Gasteiger partial charge on any atom is 0.128 e. The Hall–Kier alpha value is -2.17. The molecule has 0 aromatic heterocycles. The number of hydrogen-bond acceptors (Lipinski definition) is 3. The van der Waals surface area contributed by atoms with Crippen molar-refractivity contribution in [1.82, 2.24) is 5.32 Å². The zero-order valence-corrected chi connectivity index (χ0v) is 12.4. The normalized spacial score (nSPS) is 10.5. The SMILES string of the molecule is C=CCOc1ccccc1CNCc1ccc(F)c(CO)c1. The molecule has 0 heterocycles. The van der Waals surface area contributed by atoms with Crippen LogP contribution in [0.4, 0.5) is 4.39 Å². The summed E-state index contributed by atoms with van der Waals surface area (Å²) in [6.45, 7) is 5.04. The van der Waals surface area contributed by atoms with E-state index in [1.165, 1.54) is 6.07 Å². The second kappa shape index (κ2) is 8.32. The largest absolute Gasteiger partial charge is 0.489 e. The monoisotopic (exact) mass is 301 g/mol. The van der Waals surface area contributed by atoms with Crippen molar-refractivity contribution >= 4 is 0 Å². The molecule has 2 rings (SSSR count). The molecule has 22 heavy (non-hydrogen) atoms. The Bertz CT molecular complexity index is 628. The third-order valence-corrected chi connectivity index (χ3v) is 3.25. The van der Waals surface area contributed by atoms with Crippen molar-refractivity contribution in [2.45, 2.75) is 19.7 Å². The van der Waals surface area contributed by atoms with Gasteiger partial charge in [0, 0.05) is 24.2 Å². The lowest BCUT2D eigenvalue weighted by Gasteiger charge is -2.11. The fourth-order valence-corrected chi connectivity index (χ4v) is 2.14. The van der Waals surface area contributed by atoms with Crippen molar-refractivity contribution in [2.24, 2.45) is 0 Å². The van der Waals surface area contributed by atoms with Crippen LogP contribution in [0.15, 0.2) is 55.1 Å². The zero-order valence-electron chi connectivity index (χ0n) is 12.4. The van der Waals surface area contributed by atoms with Crippen molar-refractivity contribution in [3.8, 4) is 5.75 Å². The summed E-state index contributed by atoms with van der Waals surface area (Å²) < 4.78 is 18.9. The van der Waals surface area contributed by atoms with Gasteiger partial charge in [0.1, 0.15) is 18.2 Å². The van der Waals surface area contributed by atoms with E-state index in [1.54, 1.807) is 18.2 Å². The third kappa shape index (κ3) is 4.41. The summed E-state index contributed by atoms with van der Waals surface area (Å²) in [6.07, 6.45) is 1.71. The second-order valence-corrected chi connectivity index (χ2v) is 4.89. The molecule has 0 aliphatic rings. The molecule has 2 aromatic carbocycles. The van der Waals surface area contributed by atoms with E-state index in [2.05, 4.69) is 11.9 Å². The van der Waals surface area contributed by atoms with Crippen molar-refractivity contribution in [2.75, 3.05) is 6.61 Å². The smallest absolute Gasteiger partial charge is 0.128 e. The Balaban J connectivity index is 1.95. The Morgan fingerprint density at radius 2 is 1.95 bits per heavy atom. The molecule has 0 aliphatic carbocycles. The van der Waals surface area contributed by atoms with Crippen LogP contribution in [0.25, 0.3) is 0 Å². The molecule has 0 spiro atoms. The maximum atomic E-state index is 13.3. The number of hydrogen-bond donors (Lipinski definition) is 2. The van der Waals surface area contributed by atoms with Crippen LogP contribution < -0.4 is 10.1 Å². The van der Waals surface area contributed by atoms with E-state index in [-0.39, 0.29) is 12.4 Å². The van der Waals surface area contributed by atoms with Gasteiger partial charge >= 0.3 is 0 Å². The summed E-state index contributed by atoms with van der Waals surface area (Å²) in [5.74, 6) is 0.444. The van der Waals surface area contributed by atoms with Gasteiger partial charge in [0.15, 0.2) is 0 Å². The zero-order chi connectivity index (χ0) is 15.8. The van der Waals surface area contributed by atoms with E-state index < -0.39 is 0 Å². The molecular formula is C18H20FNO2. The first-order valence-corrected chi connectivity index (χ1v) is 7.15. The Labute approximate surface area is 130 Å².